The molecule has 0 saturated carbocycles. The number of hydrogen-bond acceptors (Lipinski definition) is 3. The maximum atomic E-state index is 3.77. The van der Waals surface area contributed by atoms with Crippen LogP contribution in [0, 0.1) is 0 Å². The van der Waals surface area contributed by atoms with Gasteiger partial charge in [0.15, 0.2) is 0 Å². The highest BCUT2D eigenvalue weighted by molar-refractivity contribution is 7.09. The van der Waals surface area contributed by atoms with E-state index in [0.29, 0.717) is 11.6 Å². The molecule has 0 amide bonds. The summed E-state index contributed by atoms with van der Waals surface area (Å²) in [5.74, 6) is 0. The Balaban J connectivity index is 1.93. The third-order valence-corrected chi connectivity index (χ3v) is 5.42. The first-order chi connectivity index (χ1) is 8.69. The molecule has 1 unspecified atom stereocenters. The van der Waals surface area contributed by atoms with Gasteiger partial charge in [-0.2, -0.15) is 0 Å². The lowest BCUT2D eigenvalue weighted by Gasteiger charge is -2.46. The third-order valence-electron chi connectivity index (χ3n) is 4.48. The van der Waals surface area contributed by atoms with Crippen LogP contribution in [0.3, 0.4) is 0 Å². The summed E-state index contributed by atoms with van der Waals surface area (Å²) in [6, 6.07) is 5.07. The van der Waals surface area contributed by atoms with Crippen LogP contribution in [-0.4, -0.2) is 36.1 Å². The van der Waals surface area contributed by atoms with Gasteiger partial charge in [-0.3, -0.25) is 4.90 Å². The fourth-order valence-corrected chi connectivity index (χ4v) is 3.52. The molecule has 0 aromatic carbocycles. The molecule has 1 aliphatic rings. The summed E-state index contributed by atoms with van der Waals surface area (Å²) in [5.41, 5.74) is 0.349. The zero-order valence-electron chi connectivity index (χ0n) is 11.9. The van der Waals surface area contributed by atoms with Gasteiger partial charge in [-0.1, -0.05) is 19.9 Å². The SMILES string of the molecule is CCC1(CC)CN(CCc2cccs2)C(C)CN1. The number of nitrogens with one attached hydrogen (secondary N) is 1. The van der Waals surface area contributed by atoms with Crippen LogP contribution in [0.1, 0.15) is 38.5 Å². The van der Waals surface area contributed by atoms with E-state index in [4.69, 9.17) is 0 Å². The molecule has 18 heavy (non-hydrogen) atoms. The average molecular weight is 266 g/mol. The zero-order valence-corrected chi connectivity index (χ0v) is 12.7. The second kappa shape index (κ2) is 6.18. The van der Waals surface area contributed by atoms with Crippen LogP contribution in [0.15, 0.2) is 17.5 Å². The molecule has 1 N–H and O–H groups in total. The van der Waals surface area contributed by atoms with Crippen LogP contribution in [0.25, 0.3) is 0 Å². The van der Waals surface area contributed by atoms with Crippen molar-refractivity contribution in [3.63, 3.8) is 0 Å². The molecule has 1 aromatic rings. The van der Waals surface area contributed by atoms with E-state index in [9.17, 15) is 0 Å². The van der Waals surface area contributed by atoms with Crippen molar-refractivity contribution < 1.29 is 0 Å². The topological polar surface area (TPSA) is 15.3 Å². The Morgan fingerprint density at radius 3 is 2.83 bits per heavy atom. The summed E-state index contributed by atoms with van der Waals surface area (Å²) in [7, 11) is 0. The first-order valence-electron chi connectivity index (χ1n) is 7.20. The molecular weight excluding hydrogens is 240 g/mol. The predicted octanol–water partition coefficient (Wildman–Crippen LogP) is 3.14. The highest BCUT2D eigenvalue weighted by Gasteiger charge is 2.34. The fraction of sp³-hybridized carbons (Fsp3) is 0.733. The van der Waals surface area contributed by atoms with Gasteiger partial charge in [0.1, 0.15) is 0 Å². The molecule has 2 nitrogen and oxygen atoms in total. The van der Waals surface area contributed by atoms with E-state index in [0.717, 1.165) is 6.54 Å². The monoisotopic (exact) mass is 266 g/mol. The van der Waals surface area contributed by atoms with Crippen LogP contribution >= 0.6 is 11.3 Å². The summed E-state index contributed by atoms with van der Waals surface area (Å²) in [4.78, 5) is 4.18. The number of thiophene rings is 1. The van der Waals surface area contributed by atoms with Gasteiger partial charge < -0.3 is 5.32 Å². The molecule has 0 bridgehead atoms. The van der Waals surface area contributed by atoms with E-state index in [1.54, 1.807) is 0 Å². The van der Waals surface area contributed by atoms with Crippen molar-refractivity contribution in [1.82, 2.24) is 10.2 Å². The Labute approximate surface area is 115 Å². The van der Waals surface area contributed by atoms with Crippen LogP contribution in [0.2, 0.25) is 0 Å². The molecule has 1 aromatic heterocycles. The van der Waals surface area contributed by atoms with Crippen molar-refractivity contribution in [3.05, 3.63) is 22.4 Å². The maximum Gasteiger partial charge on any atom is 0.0304 e. The number of hydrogen-bond donors (Lipinski definition) is 1. The molecular formula is C15H26N2S. The van der Waals surface area contributed by atoms with Gasteiger partial charge in [0.2, 0.25) is 0 Å². The second-order valence-electron chi connectivity index (χ2n) is 5.52. The van der Waals surface area contributed by atoms with E-state index < -0.39 is 0 Å². The Bertz CT molecular complexity index is 343. The highest BCUT2D eigenvalue weighted by atomic mass is 32.1. The Morgan fingerprint density at radius 2 is 2.22 bits per heavy atom. The molecule has 2 heterocycles. The minimum Gasteiger partial charge on any atom is -0.308 e. The molecule has 1 saturated heterocycles. The van der Waals surface area contributed by atoms with Crippen LogP contribution in [-0.2, 0) is 6.42 Å². The maximum absolute atomic E-state index is 3.77. The first-order valence-corrected chi connectivity index (χ1v) is 8.08. The summed E-state index contributed by atoms with van der Waals surface area (Å²) in [6.07, 6.45) is 3.66. The summed E-state index contributed by atoms with van der Waals surface area (Å²) in [5, 5.41) is 5.95. The molecule has 1 aliphatic heterocycles. The minimum atomic E-state index is 0.349. The lowest BCUT2D eigenvalue weighted by atomic mass is 9.88. The van der Waals surface area contributed by atoms with Gasteiger partial charge in [0, 0.05) is 36.1 Å². The lowest BCUT2D eigenvalue weighted by Crippen LogP contribution is -2.63. The van der Waals surface area contributed by atoms with Gasteiger partial charge in [0.25, 0.3) is 0 Å². The largest absolute Gasteiger partial charge is 0.308 e. The van der Waals surface area contributed by atoms with Crippen molar-refractivity contribution in [2.24, 2.45) is 0 Å². The molecule has 102 valence electrons. The lowest BCUT2D eigenvalue weighted by molar-refractivity contribution is 0.0821. The average Bonchev–Trinajstić information content (AvgIpc) is 2.91. The Morgan fingerprint density at radius 1 is 1.44 bits per heavy atom. The molecule has 0 radical (unpaired) electrons. The second-order valence-corrected chi connectivity index (χ2v) is 6.55. The highest BCUT2D eigenvalue weighted by Crippen LogP contribution is 2.23. The molecule has 3 heteroatoms. The molecule has 1 fully saturated rings. The summed E-state index contributed by atoms with van der Waals surface area (Å²) >= 11 is 1.88. The van der Waals surface area contributed by atoms with Gasteiger partial charge in [-0.25, -0.2) is 0 Å². The van der Waals surface area contributed by atoms with Crippen molar-refractivity contribution in [3.8, 4) is 0 Å². The van der Waals surface area contributed by atoms with Crippen LogP contribution in [0.4, 0.5) is 0 Å². The molecule has 1 atom stereocenters. The number of nitrogens with zero attached hydrogens (tertiary/aromatic N) is 1. The summed E-state index contributed by atoms with van der Waals surface area (Å²) in [6.45, 7) is 10.5. The van der Waals surface area contributed by atoms with Gasteiger partial charge in [-0.05, 0) is 37.6 Å². The van der Waals surface area contributed by atoms with E-state index in [2.05, 4.69) is 48.5 Å². The van der Waals surface area contributed by atoms with Crippen molar-refractivity contribution in [1.29, 1.82) is 0 Å². The Hall–Kier alpha value is -0.380. The van der Waals surface area contributed by atoms with Crippen molar-refractivity contribution >= 4 is 11.3 Å². The normalized spacial score (nSPS) is 24.3. The molecule has 0 spiro atoms. The minimum absolute atomic E-state index is 0.349. The van der Waals surface area contributed by atoms with E-state index in [1.165, 1.54) is 37.2 Å². The smallest absolute Gasteiger partial charge is 0.0304 e. The van der Waals surface area contributed by atoms with E-state index in [1.807, 2.05) is 11.3 Å². The molecule has 2 rings (SSSR count). The van der Waals surface area contributed by atoms with E-state index >= 15 is 0 Å². The van der Waals surface area contributed by atoms with Crippen molar-refractivity contribution in [2.45, 2.75) is 51.6 Å². The van der Waals surface area contributed by atoms with Crippen LogP contribution in [0.5, 0.6) is 0 Å². The van der Waals surface area contributed by atoms with Gasteiger partial charge >= 0.3 is 0 Å². The molecule has 0 aliphatic carbocycles. The standard InChI is InChI=1S/C15H26N2S/c1-4-15(5-2)12-17(13(3)11-16-15)9-8-14-7-6-10-18-14/h6-7,10,13,16H,4-5,8-9,11-12H2,1-3H3. The predicted molar refractivity (Wildman–Crippen MR) is 80.4 cm³/mol. The third kappa shape index (κ3) is 3.14. The first kappa shape index (κ1) is 14.0. The van der Waals surface area contributed by atoms with Crippen molar-refractivity contribution in [2.75, 3.05) is 19.6 Å². The van der Waals surface area contributed by atoms with Gasteiger partial charge in [-0.15, -0.1) is 11.3 Å². The Kier molecular flexibility index (Phi) is 4.82. The quantitative estimate of drug-likeness (QED) is 0.881. The number of rotatable bonds is 5. The number of piperazine rings is 1. The van der Waals surface area contributed by atoms with Gasteiger partial charge in [0.05, 0.1) is 0 Å². The fourth-order valence-electron chi connectivity index (χ4n) is 2.83. The van der Waals surface area contributed by atoms with Crippen LogP contribution < -0.4 is 5.32 Å². The summed E-state index contributed by atoms with van der Waals surface area (Å²) < 4.78 is 0. The zero-order chi connectivity index (χ0) is 13.0. The van der Waals surface area contributed by atoms with E-state index in [-0.39, 0.29) is 0 Å².